The Morgan fingerprint density at radius 1 is 0.955 bits per heavy atom. The average Bonchev–Trinajstić information content (AvgIpc) is 2.54. The van der Waals surface area contributed by atoms with Crippen LogP contribution < -0.4 is 9.47 Å². The first-order chi connectivity index (χ1) is 10.5. The second-order valence-electron chi connectivity index (χ2n) is 5.11. The minimum atomic E-state index is -0.0859. The topological polar surface area (TPSA) is 35.5 Å². The van der Waals surface area contributed by atoms with Crippen LogP contribution in [0.1, 0.15) is 27.0 Å². The van der Waals surface area contributed by atoms with E-state index in [2.05, 4.69) is 0 Å². The van der Waals surface area contributed by atoms with Gasteiger partial charge in [0.15, 0.2) is 5.78 Å². The van der Waals surface area contributed by atoms with Gasteiger partial charge < -0.3 is 9.47 Å². The summed E-state index contributed by atoms with van der Waals surface area (Å²) in [6.45, 7) is 3.93. The highest BCUT2D eigenvalue weighted by molar-refractivity contribution is 6.07. The summed E-state index contributed by atoms with van der Waals surface area (Å²) >= 11 is 0. The van der Waals surface area contributed by atoms with Gasteiger partial charge in [-0.05, 0) is 37.6 Å². The minimum Gasteiger partial charge on any atom is -0.496 e. The van der Waals surface area contributed by atoms with Gasteiger partial charge in [0, 0.05) is 11.1 Å². The summed E-state index contributed by atoms with van der Waals surface area (Å²) in [6.07, 6.45) is 3.37. The quantitative estimate of drug-likeness (QED) is 0.612. The fourth-order valence-electron chi connectivity index (χ4n) is 2.17. The zero-order valence-corrected chi connectivity index (χ0v) is 13.3. The fourth-order valence-corrected chi connectivity index (χ4v) is 2.17. The zero-order chi connectivity index (χ0) is 16.1. The first-order valence-corrected chi connectivity index (χ1v) is 7.07. The lowest BCUT2D eigenvalue weighted by Gasteiger charge is -2.11. The number of allylic oxidation sites excluding steroid dienone is 1. The number of rotatable bonds is 5. The van der Waals surface area contributed by atoms with E-state index in [1.54, 1.807) is 38.5 Å². The highest BCUT2D eigenvalue weighted by Gasteiger charge is 2.11. The molecule has 3 nitrogen and oxygen atoms in total. The Morgan fingerprint density at radius 3 is 2.00 bits per heavy atom. The van der Waals surface area contributed by atoms with Crippen LogP contribution in [0.25, 0.3) is 6.08 Å². The van der Waals surface area contributed by atoms with E-state index in [4.69, 9.17) is 9.47 Å². The zero-order valence-electron chi connectivity index (χ0n) is 13.3. The number of carbonyl (C=O) groups excluding carboxylic acids is 1. The third-order valence-corrected chi connectivity index (χ3v) is 3.54. The lowest BCUT2D eigenvalue weighted by atomic mass is 10.0. The number of methoxy groups -OCH3 is 2. The van der Waals surface area contributed by atoms with E-state index in [0.29, 0.717) is 17.1 Å². The van der Waals surface area contributed by atoms with Crippen LogP contribution in [0.5, 0.6) is 11.5 Å². The van der Waals surface area contributed by atoms with E-state index in [1.165, 1.54) is 5.56 Å². The van der Waals surface area contributed by atoms with Crippen LogP contribution in [0.15, 0.2) is 42.5 Å². The lowest BCUT2D eigenvalue weighted by molar-refractivity contribution is 0.104. The van der Waals surface area contributed by atoms with Gasteiger partial charge in [0.1, 0.15) is 11.5 Å². The molecule has 0 saturated heterocycles. The van der Waals surface area contributed by atoms with Gasteiger partial charge in [-0.3, -0.25) is 4.79 Å². The van der Waals surface area contributed by atoms with Crippen LogP contribution in [0.3, 0.4) is 0 Å². The van der Waals surface area contributed by atoms with E-state index in [1.807, 2.05) is 38.1 Å². The highest BCUT2D eigenvalue weighted by Crippen LogP contribution is 2.29. The maximum Gasteiger partial charge on any atom is 0.186 e. The molecule has 114 valence electrons. The monoisotopic (exact) mass is 296 g/mol. The van der Waals surface area contributed by atoms with Crippen molar-refractivity contribution in [3.8, 4) is 11.5 Å². The van der Waals surface area contributed by atoms with E-state index in [-0.39, 0.29) is 5.78 Å². The van der Waals surface area contributed by atoms with Crippen molar-refractivity contribution >= 4 is 11.9 Å². The smallest absolute Gasteiger partial charge is 0.186 e. The Kier molecular flexibility index (Phi) is 4.99. The van der Waals surface area contributed by atoms with Gasteiger partial charge in [-0.15, -0.1) is 0 Å². The predicted molar refractivity (Wildman–Crippen MR) is 88.8 cm³/mol. The van der Waals surface area contributed by atoms with Crippen LogP contribution in [-0.4, -0.2) is 20.0 Å². The number of aryl methyl sites for hydroxylation is 1. The molecule has 0 aliphatic carbocycles. The highest BCUT2D eigenvalue weighted by atomic mass is 16.5. The Labute approximate surface area is 131 Å². The SMILES string of the molecule is COc1cc(C(=O)C=Cc2ccc(C)cc2)cc(OC)c1C. The molecule has 0 aromatic heterocycles. The molecule has 2 aromatic carbocycles. The number of hydrogen-bond donors (Lipinski definition) is 0. The molecular weight excluding hydrogens is 276 g/mol. The molecule has 0 spiro atoms. The van der Waals surface area contributed by atoms with Crippen molar-refractivity contribution in [2.75, 3.05) is 14.2 Å². The van der Waals surface area contributed by atoms with Crippen molar-refractivity contribution in [1.82, 2.24) is 0 Å². The first-order valence-electron chi connectivity index (χ1n) is 7.07. The van der Waals surface area contributed by atoms with Crippen molar-refractivity contribution in [1.29, 1.82) is 0 Å². The van der Waals surface area contributed by atoms with Crippen LogP contribution in [0.4, 0.5) is 0 Å². The first kappa shape index (κ1) is 15.8. The van der Waals surface area contributed by atoms with Gasteiger partial charge in [0.05, 0.1) is 14.2 Å². The second kappa shape index (κ2) is 6.94. The van der Waals surface area contributed by atoms with Crippen molar-refractivity contribution in [3.05, 3.63) is 64.7 Å². The lowest BCUT2D eigenvalue weighted by Crippen LogP contribution is -1.99. The molecule has 0 N–H and O–H groups in total. The Hall–Kier alpha value is -2.55. The molecule has 22 heavy (non-hydrogen) atoms. The van der Waals surface area contributed by atoms with E-state index in [0.717, 1.165) is 11.1 Å². The molecule has 0 aliphatic heterocycles. The molecule has 0 unspecified atom stereocenters. The number of benzene rings is 2. The van der Waals surface area contributed by atoms with Crippen LogP contribution >= 0.6 is 0 Å². The summed E-state index contributed by atoms with van der Waals surface area (Å²) in [5.74, 6) is 1.20. The third kappa shape index (κ3) is 3.55. The summed E-state index contributed by atoms with van der Waals surface area (Å²) < 4.78 is 10.6. The van der Waals surface area contributed by atoms with E-state index >= 15 is 0 Å². The van der Waals surface area contributed by atoms with Crippen LogP contribution in [0.2, 0.25) is 0 Å². The van der Waals surface area contributed by atoms with Gasteiger partial charge in [-0.25, -0.2) is 0 Å². The molecule has 0 radical (unpaired) electrons. The predicted octanol–water partition coefficient (Wildman–Crippen LogP) is 4.22. The molecule has 2 rings (SSSR count). The van der Waals surface area contributed by atoms with Crippen molar-refractivity contribution in [2.45, 2.75) is 13.8 Å². The van der Waals surface area contributed by atoms with Crippen molar-refractivity contribution in [2.24, 2.45) is 0 Å². The molecular formula is C19H20O3. The van der Waals surface area contributed by atoms with E-state index in [9.17, 15) is 4.79 Å². The number of ether oxygens (including phenoxy) is 2. The summed E-state index contributed by atoms with van der Waals surface area (Å²) in [6, 6.07) is 11.5. The normalized spacial score (nSPS) is 10.7. The van der Waals surface area contributed by atoms with Gasteiger partial charge in [0.25, 0.3) is 0 Å². The maximum atomic E-state index is 12.3. The third-order valence-electron chi connectivity index (χ3n) is 3.54. The van der Waals surface area contributed by atoms with Crippen LogP contribution in [0, 0.1) is 13.8 Å². The summed E-state index contributed by atoms with van der Waals surface area (Å²) in [4.78, 5) is 12.3. The molecule has 2 aromatic rings. The van der Waals surface area contributed by atoms with Crippen molar-refractivity contribution < 1.29 is 14.3 Å². The number of ketones is 1. The molecule has 0 atom stereocenters. The molecule has 0 heterocycles. The Morgan fingerprint density at radius 2 is 1.50 bits per heavy atom. The largest absolute Gasteiger partial charge is 0.496 e. The molecule has 0 bridgehead atoms. The Bertz CT molecular complexity index is 672. The van der Waals surface area contributed by atoms with Crippen molar-refractivity contribution in [3.63, 3.8) is 0 Å². The maximum absolute atomic E-state index is 12.3. The average molecular weight is 296 g/mol. The molecule has 0 aliphatic rings. The van der Waals surface area contributed by atoms with Crippen LogP contribution in [-0.2, 0) is 0 Å². The minimum absolute atomic E-state index is 0.0859. The van der Waals surface area contributed by atoms with Gasteiger partial charge in [0.2, 0.25) is 0 Å². The number of carbonyl (C=O) groups is 1. The summed E-state index contributed by atoms with van der Waals surface area (Å²) in [5, 5.41) is 0. The van der Waals surface area contributed by atoms with Gasteiger partial charge in [-0.2, -0.15) is 0 Å². The van der Waals surface area contributed by atoms with E-state index < -0.39 is 0 Å². The molecule has 0 amide bonds. The molecule has 0 fully saturated rings. The van der Waals surface area contributed by atoms with Gasteiger partial charge >= 0.3 is 0 Å². The standard InChI is InChI=1S/C19H20O3/c1-13-5-7-15(8-6-13)9-10-17(20)16-11-18(21-3)14(2)19(12-16)22-4/h5-12H,1-4H3. The van der Waals surface area contributed by atoms with Gasteiger partial charge in [-0.1, -0.05) is 35.9 Å². The second-order valence-corrected chi connectivity index (χ2v) is 5.11. The number of hydrogen-bond acceptors (Lipinski definition) is 3. The fraction of sp³-hybridized carbons (Fsp3) is 0.211. The molecule has 0 saturated carbocycles. The summed E-state index contributed by atoms with van der Waals surface area (Å²) in [5.41, 5.74) is 3.60. The molecule has 3 heteroatoms. The Balaban J connectivity index is 2.27. The summed E-state index contributed by atoms with van der Waals surface area (Å²) in [7, 11) is 3.16.